The highest BCUT2D eigenvalue weighted by atomic mass is 14.0. The van der Waals surface area contributed by atoms with Crippen LogP contribution in [0.1, 0.15) is 41.0 Å². The summed E-state index contributed by atoms with van der Waals surface area (Å²) in [4.78, 5) is 0. The predicted molar refractivity (Wildman–Crippen MR) is 60.1 cm³/mol. The van der Waals surface area contributed by atoms with E-state index < -0.39 is 0 Å². The molecule has 0 aliphatic carbocycles. The van der Waals surface area contributed by atoms with Crippen LogP contribution in [0.3, 0.4) is 0 Å². The lowest BCUT2D eigenvalue weighted by Gasteiger charge is -2.09. The Labute approximate surface area is 78.2 Å². The second-order valence-electron chi connectivity index (χ2n) is 3.91. The van der Waals surface area contributed by atoms with Crippen molar-refractivity contribution in [3.05, 3.63) is 22.7 Å². The van der Waals surface area contributed by atoms with E-state index in [9.17, 15) is 0 Å². The molecule has 0 radical (unpaired) electrons. The monoisotopic (exact) mass is 164 g/mol. The summed E-state index contributed by atoms with van der Waals surface area (Å²) < 4.78 is 0. The Kier molecular flexibility index (Phi) is 5.04. The van der Waals surface area contributed by atoms with Crippen molar-refractivity contribution >= 4 is 7.85 Å². The van der Waals surface area contributed by atoms with Crippen LogP contribution in [0.2, 0.25) is 0 Å². The molecule has 0 aromatic rings. The molecule has 0 nitrogen and oxygen atoms in total. The quantitative estimate of drug-likeness (QED) is 0.444. The van der Waals surface area contributed by atoms with Gasteiger partial charge in [-0.3, -0.25) is 0 Å². The van der Waals surface area contributed by atoms with Crippen molar-refractivity contribution in [3.63, 3.8) is 0 Å². The Hall–Kier alpha value is -0.455. The van der Waals surface area contributed by atoms with Crippen molar-refractivity contribution < 1.29 is 0 Å². The summed E-state index contributed by atoms with van der Waals surface area (Å²) in [6, 6.07) is 0. The fourth-order valence-corrected chi connectivity index (χ4v) is 1.10. The van der Waals surface area contributed by atoms with E-state index >= 15 is 0 Å². The van der Waals surface area contributed by atoms with Crippen molar-refractivity contribution in [3.8, 4) is 0 Å². The number of hydrogen-bond donors (Lipinski definition) is 0. The topological polar surface area (TPSA) is 0 Å². The van der Waals surface area contributed by atoms with Crippen LogP contribution >= 0.6 is 0 Å². The Morgan fingerprint density at radius 3 is 2.08 bits per heavy atom. The molecule has 0 fully saturated rings. The Bertz CT molecular complexity index is 193. The molecule has 0 saturated heterocycles. The van der Waals surface area contributed by atoms with E-state index in [0.29, 0.717) is 5.92 Å². The van der Waals surface area contributed by atoms with Crippen molar-refractivity contribution in [2.45, 2.75) is 41.0 Å². The third-order valence-corrected chi connectivity index (χ3v) is 2.34. The zero-order valence-electron chi connectivity index (χ0n) is 9.36. The first-order chi connectivity index (χ1) is 5.49. The molecule has 0 rings (SSSR count). The number of allylic oxidation sites excluding steroid dienone is 4. The summed E-state index contributed by atoms with van der Waals surface area (Å²) in [7, 11) is 2.19. The third-order valence-electron chi connectivity index (χ3n) is 2.34. The molecule has 0 aromatic carbocycles. The van der Waals surface area contributed by atoms with Gasteiger partial charge in [0, 0.05) is 0 Å². The van der Waals surface area contributed by atoms with Crippen LogP contribution in [0.5, 0.6) is 0 Å². The average molecular weight is 164 g/mol. The van der Waals surface area contributed by atoms with Crippen LogP contribution in [-0.4, -0.2) is 7.85 Å². The lowest BCUT2D eigenvalue weighted by Crippen LogP contribution is -1.94. The van der Waals surface area contributed by atoms with Crippen LogP contribution in [0.15, 0.2) is 22.7 Å². The van der Waals surface area contributed by atoms with Crippen LogP contribution in [0.25, 0.3) is 0 Å². The largest absolute Gasteiger partial charge is 0.139 e. The highest BCUT2D eigenvalue weighted by Crippen LogP contribution is 2.16. The summed E-state index contributed by atoms with van der Waals surface area (Å²) in [6.07, 6.45) is 3.50. The highest BCUT2D eigenvalue weighted by Gasteiger charge is 2.00. The maximum absolute atomic E-state index is 2.33. The smallest absolute Gasteiger partial charge is 0.0903 e. The molecule has 0 spiro atoms. The minimum Gasteiger partial charge on any atom is -0.0903 e. The zero-order chi connectivity index (χ0) is 9.72. The number of hydrogen-bond acceptors (Lipinski definition) is 0. The molecule has 0 saturated carbocycles. The molecular weight excluding hydrogens is 143 g/mol. The van der Waals surface area contributed by atoms with Gasteiger partial charge in [0.05, 0.1) is 0 Å². The highest BCUT2D eigenvalue weighted by molar-refractivity contribution is 6.23. The zero-order valence-corrected chi connectivity index (χ0v) is 9.36. The molecule has 0 heterocycles. The van der Waals surface area contributed by atoms with Gasteiger partial charge in [-0.15, -0.1) is 0 Å². The van der Waals surface area contributed by atoms with E-state index in [-0.39, 0.29) is 0 Å². The molecule has 0 N–H and O–H groups in total. The van der Waals surface area contributed by atoms with Gasteiger partial charge in [-0.2, -0.15) is 0 Å². The minimum absolute atomic E-state index is 0.685. The van der Waals surface area contributed by atoms with Crippen molar-refractivity contribution in [2.24, 2.45) is 5.92 Å². The van der Waals surface area contributed by atoms with Crippen molar-refractivity contribution in [2.75, 3.05) is 0 Å². The second kappa shape index (κ2) is 5.24. The van der Waals surface area contributed by atoms with Gasteiger partial charge in [0.1, 0.15) is 7.85 Å². The van der Waals surface area contributed by atoms with E-state index in [1.165, 1.54) is 17.5 Å². The molecular formula is C11H21B. The number of rotatable bonds is 3. The molecule has 0 aliphatic rings. The van der Waals surface area contributed by atoms with Gasteiger partial charge >= 0.3 is 0 Å². The van der Waals surface area contributed by atoms with Crippen LogP contribution in [0.4, 0.5) is 0 Å². The van der Waals surface area contributed by atoms with Gasteiger partial charge in [-0.05, 0) is 26.2 Å². The average Bonchev–Trinajstić information content (AvgIpc) is 1.98. The minimum atomic E-state index is 0.685. The standard InChI is InChI=1S/C11H21B/c1-6-10(8(2)3)7-11(12)9(4)5/h7-8H,6,12H2,1-5H3/b10-7+. The van der Waals surface area contributed by atoms with Gasteiger partial charge in [0.2, 0.25) is 0 Å². The van der Waals surface area contributed by atoms with Crippen LogP contribution < -0.4 is 0 Å². The van der Waals surface area contributed by atoms with E-state index in [1.54, 1.807) is 5.57 Å². The third kappa shape index (κ3) is 3.80. The normalized spacial score (nSPS) is 12.0. The van der Waals surface area contributed by atoms with Crippen molar-refractivity contribution in [1.29, 1.82) is 0 Å². The maximum Gasteiger partial charge on any atom is 0.139 e. The summed E-state index contributed by atoms with van der Waals surface area (Å²) in [5.74, 6) is 0.685. The summed E-state index contributed by atoms with van der Waals surface area (Å²) in [5.41, 5.74) is 4.39. The van der Waals surface area contributed by atoms with Gasteiger partial charge in [-0.25, -0.2) is 0 Å². The fraction of sp³-hybridized carbons (Fsp3) is 0.636. The Morgan fingerprint density at radius 1 is 1.33 bits per heavy atom. The first-order valence-electron chi connectivity index (χ1n) is 4.83. The Balaban J connectivity index is 4.61. The lowest BCUT2D eigenvalue weighted by molar-refractivity contribution is 0.731. The van der Waals surface area contributed by atoms with Crippen molar-refractivity contribution in [1.82, 2.24) is 0 Å². The molecule has 0 atom stereocenters. The van der Waals surface area contributed by atoms with Crippen LogP contribution in [0, 0.1) is 5.92 Å². The molecule has 0 aliphatic heterocycles. The first-order valence-corrected chi connectivity index (χ1v) is 4.83. The molecule has 12 heavy (non-hydrogen) atoms. The summed E-state index contributed by atoms with van der Waals surface area (Å²) >= 11 is 0. The Morgan fingerprint density at radius 2 is 1.83 bits per heavy atom. The van der Waals surface area contributed by atoms with E-state index in [1.807, 2.05) is 0 Å². The molecule has 1 heteroatoms. The molecule has 0 unspecified atom stereocenters. The summed E-state index contributed by atoms with van der Waals surface area (Å²) in [5, 5.41) is 0. The predicted octanol–water partition coefficient (Wildman–Crippen LogP) is 2.91. The van der Waals surface area contributed by atoms with Gasteiger partial charge < -0.3 is 0 Å². The SMILES string of the molecule is BC(/C=C(\CC)C(C)C)=C(C)C. The molecule has 0 amide bonds. The van der Waals surface area contributed by atoms with E-state index in [0.717, 1.165) is 0 Å². The van der Waals surface area contributed by atoms with Gasteiger partial charge in [0.25, 0.3) is 0 Å². The van der Waals surface area contributed by atoms with Crippen LogP contribution in [-0.2, 0) is 0 Å². The lowest BCUT2D eigenvalue weighted by atomic mass is 9.86. The van der Waals surface area contributed by atoms with Gasteiger partial charge in [-0.1, -0.05) is 43.5 Å². The first kappa shape index (κ1) is 11.5. The molecule has 68 valence electrons. The second-order valence-corrected chi connectivity index (χ2v) is 3.91. The molecule has 0 bridgehead atoms. The van der Waals surface area contributed by atoms with E-state index in [2.05, 4.69) is 48.5 Å². The maximum atomic E-state index is 2.33. The van der Waals surface area contributed by atoms with E-state index in [4.69, 9.17) is 0 Å². The van der Waals surface area contributed by atoms with Gasteiger partial charge in [0.15, 0.2) is 0 Å². The summed E-state index contributed by atoms with van der Waals surface area (Å²) in [6.45, 7) is 11.1. The molecule has 0 aromatic heterocycles. The fourth-order valence-electron chi connectivity index (χ4n) is 1.10.